The summed E-state index contributed by atoms with van der Waals surface area (Å²) in [5.74, 6) is 1.06. The molecule has 0 aromatic carbocycles. The van der Waals surface area contributed by atoms with E-state index in [1.54, 1.807) is 0 Å². The van der Waals surface area contributed by atoms with Gasteiger partial charge >= 0.3 is 0 Å². The molecule has 0 aliphatic carbocycles. The van der Waals surface area contributed by atoms with Gasteiger partial charge in [-0.25, -0.2) is 0 Å². The summed E-state index contributed by atoms with van der Waals surface area (Å²) in [6.07, 6.45) is 23.9. The van der Waals surface area contributed by atoms with Gasteiger partial charge in [-0.3, -0.25) is 4.99 Å². The minimum atomic E-state index is 0. The molecule has 0 saturated carbocycles. The third kappa shape index (κ3) is 13.6. The van der Waals surface area contributed by atoms with Crippen molar-refractivity contribution in [2.75, 3.05) is 26.2 Å². The van der Waals surface area contributed by atoms with Crippen molar-refractivity contribution >= 4 is 18.2 Å². The zero-order chi connectivity index (χ0) is 18.0. The Balaban J connectivity index is 0.00000625. The van der Waals surface area contributed by atoms with Crippen LogP contribution >= 0.6 is 12.4 Å². The predicted molar refractivity (Wildman–Crippen MR) is 118 cm³/mol. The fraction of sp³-hybridized carbons (Fsp3) is 0.864. The van der Waals surface area contributed by atoms with Crippen molar-refractivity contribution in [3.8, 4) is 0 Å². The molecule has 26 heavy (non-hydrogen) atoms. The Morgan fingerprint density at radius 1 is 0.885 bits per heavy atom. The lowest BCUT2D eigenvalue weighted by Crippen LogP contribution is -2.29. The van der Waals surface area contributed by atoms with Crippen molar-refractivity contribution in [3.63, 3.8) is 0 Å². The van der Waals surface area contributed by atoms with E-state index in [0.717, 1.165) is 25.3 Å². The van der Waals surface area contributed by atoms with E-state index >= 15 is 0 Å². The second kappa shape index (κ2) is 19.2. The lowest BCUT2D eigenvalue weighted by Gasteiger charge is -2.16. The third-order valence-electron chi connectivity index (χ3n) is 5.08. The van der Waals surface area contributed by atoms with Crippen LogP contribution in [0.15, 0.2) is 17.1 Å². The Kier molecular flexibility index (Phi) is 18.8. The van der Waals surface area contributed by atoms with Crippen molar-refractivity contribution < 1.29 is 5.11 Å². The Hall–Kier alpha value is -0.540. The SMILES string of the molecule is CCCCCCCCCCCCCCC/C=C/C1=NCCN1CCO.Cl. The van der Waals surface area contributed by atoms with Crippen molar-refractivity contribution in [1.82, 2.24) is 4.90 Å². The van der Waals surface area contributed by atoms with E-state index in [-0.39, 0.29) is 19.0 Å². The summed E-state index contributed by atoms with van der Waals surface area (Å²) < 4.78 is 0. The quantitative estimate of drug-likeness (QED) is 0.304. The van der Waals surface area contributed by atoms with Crippen molar-refractivity contribution in [2.45, 2.75) is 96.8 Å². The van der Waals surface area contributed by atoms with Crippen LogP contribution in [-0.2, 0) is 0 Å². The summed E-state index contributed by atoms with van der Waals surface area (Å²) >= 11 is 0. The number of hydrogen-bond donors (Lipinski definition) is 1. The number of β-amino-alcohol motifs (C(OH)–C–C–N with tert-alkyl or cyclic N) is 1. The van der Waals surface area contributed by atoms with Gasteiger partial charge in [0.05, 0.1) is 13.2 Å². The molecule has 1 N–H and O–H groups in total. The normalized spacial score (nSPS) is 14.1. The number of amidine groups is 1. The summed E-state index contributed by atoms with van der Waals surface area (Å²) in [6, 6.07) is 0. The smallest absolute Gasteiger partial charge is 0.123 e. The lowest BCUT2D eigenvalue weighted by atomic mass is 10.0. The molecule has 0 aromatic rings. The van der Waals surface area contributed by atoms with Crippen LogP contribution in [0.5, 0.6) is 0 Å². The molecule has 0 bridgehead atoms. The van der Waals surface area contributed by atoms with Crippen LogP contribution in [0.25, 0.3) is 0 Å². The topological polar surface area (TPSA) is 35.8 Å². The summed E-state index contributed by atoms with van der Waals surface area (Å²) in [7, 11) is 0. The molecule has 1 aliphatic heterocycles. The average molecular weight is 387 g/mol. The monoisotopic (exact) mass is 386 g/mol. The number of aliphatic imine (C=N–C) groups is 1. The number of halogens is 1. The molecule has 0 spiro atoms. The van der Waals surface area contributed by atoms with Crippen molar-refractivity contribution in [3.05, 3.63) is 12.2 Å². The molecule has 0 radical (unpaired) electrons. The van der Waals surface area contributed by atoms with Crippen LogP contribution in [0, 0.1) is 0 Å². The highest BCUT2D eigenvalue weighted by Crippen LogP contribution is 2.13. The van der Waals surface area contributed by atoms with E-state index in [1.807, 2.05) is 0 Å². The van der Waals surface area contributed by atoms with E-state index in [0.29, 0.717) is 6.54 Å². The highest BCUT2D eigenvalue weighted by atomic mass is 35.5. The summed E-state index contributed by atoms with van der Waals surface area (Å²) in [6.45, 7) is 5.04. The molecule has 0 atom stereocenters. The maximum Gasteiger partial charge on any atom is 0.123 e. The molecule has 0 saturated heterocycles. The molecule has 4 heteroatoms. The maximum absolute atomic E-state index is 9.03. The van der Waals surface area contributed by atoms with Crippen LogP contribution < -0.4 is 0 Å². The van der Waals surface area contributed by atoms with E-state index < -0.39 is 0 Å². The van der Waals surface area contributed by atoms with Gasteiger partial charge < -0.3 is 10.0 Å². The zero-order valence-corrected chi connectivity index (χ0v) is 17.9. The average Bonchev–Trinajstić information content (AvgIpc) is 3.06. The predicted octanol–water partition coefficient (Wildman–Crippen LogP) is 6.15. The van der Waals surface area contributed by atoms with Crippen LogP contribution in [0.1, 0.15) is 96.8 Å². The first kappa shape index (κ1) is 25.5. The Morgan fingerprint density at radius 2 is 1.42 bits per heavy atom. The highest BCUT2D eigenvalue weighted by molar-refractivity contribution is 5.94. The summed E-state index contributed by atoms with van der Waals surface area (Å²) in [5.41, 5.74) is 0. The van der Waals surface area contributed by atoms with Gasteiger partial charge in [0.1, 0.15) is 5.84 Å². The summed E-state index contributed by atoms with van der Waals surface area (Å²) in [5, 5.41) is 9.03. The number of rotatable bonds is 17. The van der Waals surface area contributed by atoms with Crippen molar-refractivity contribution in [2.24, 2.45) is 4.99 Å². The van der Waals surface area contributed by atoms with E-state index in [9.17, 15) is 0 Å². The first-order valence-electron chi connectivity index (χ1n) is 10.9. The zero-order valence-electron chi connectivity index (χ0n) is 17.1. The number of aliphatic hydroxyl groups excluding tert-OH is 1. The standard InChI is InChI=1S/C22H42N2O.ClH/c1-2-3-4-5-6-7-8-9-10-11-12-13-14-15-16-17-22-23-18-19-24(22)20-21-25;/h16-17,25H,2-15,18-21H2,1H3;1H/b17-16+;. The Bertz CT molecular complexity index is 358. The molecule has 0 unspecified atom stereocenters. The second-order valence-corrected chi connectivity index (χ2v) is 7.38. The number of unbranched alkanes of at least 4 members (excludes halogenated alkanes) is 13. The second-order valence-electron chi connectivity index (χ2n) is 7.38. The van der Waals surface area contributed by atoms with Gasteiger partial charge in [0.15, 0.2) is 0 Å². The molecule has 0 fully saturated rings. The first-order chi connectivity index (χ1) is 12.4. The fourth-order valence-corrected chi connectivity index (χ4v) is 3.47. The van der Waals surface area contributed by atoms with Crippen LogP contribution in [0.4, 0.5) is 0 Å². The fourth-order valence-electron chi connectivity index (χ4n) is 3.47. The number of aliphatic hydroxyl groups is 1. The molecule has 154 valence electrons. The van der Waals surface area contributed by atoms with Crippen LogP contribution in [-0.4, -0.2) is 42.1 Å². The van der Waals surface area contributed by atoms with Gasteiger partial charge in [0, 0.05) is 13.1 Å². The van der Waals surface area contributed by atoms with E-state index in [2.05, 4.69) is 29.0 Å². The number of nitrogens with zero attached hydrogens (tertiary/aromatic N) is 2. The van der Waals surface area contributed by atoms with Crippen molar-refractivity contribution in [1.29, 1.82) is 0 Å². The van der Waals surface area contributed by atoms with Gasteiger partial charge in [-0.05, 0) is 18.9 Å². The third-order valence-corrected chi connectivity index (χ3v) is 5.08. The van der Waals surface area contributed by atoms with Crippen LogP contribution in [0.2, 0.25) is 0 Å². The van der Waals surface area contributed by atoms with E-state index in [1.165, 1.54) is 83.5 Å². The Morgan fingerprint density at radius 3 is 1.96 bits per heavy atom. The molecule has 0 aromatic heterocycles. The van der Waals surface area contributed by atoms with Gasteiger partial charge in [-0.1, -0.05) is 90.0 Å². The van der Waals surface area contributed by atoms with Gasteiger partial charge in [0.25, 0.3) is 0 Å². The molecule has 1 rings (SSSR count). The maximum atomic E-state index is 9.03. The number of hydrogen-bond acceptors (Lipinski definition) is 3. The minimum Gasteiger partial charge on any atom is -0.395 e. The molecule has 0 amide bonds. The molecular weight excluding hydrogens is 344 g/mol. The van der Waals surface area contributed by atoms with E-state index in [4.69, 9.17) is 5.11 Å². The van der Waals surface area contributed by atoms with Gasteiger partial charge in [0.2, 0.25) is 0 Å². The molecule has 1 aliphatic rings. The van der Waals surface area contributed by atoms with Crippen LogP contribution in [0.3, 0.4) is 0 Å². The Labute approximate surface area is 168 Å². The molecular formula is C22H43ClN2O. The largest absolute Gasteiger partial charge is 0.395 e. The minimum absolute atomic E-state index is 0. The van der Waals surface area contributed by atoms with Gasteiger partial charge in [-0.15, -0.1) is 12.4 Å². The molecule has 3 nitrogen and oxygen atoms in total. The first-order valence-corrected chi connectivity index (χ1v) is 10.9. The highest BCUT2D eigenvalue weighted by Gasteiger charge is 2.12. The van der Waals surface area contributed by atoms with Gasteiger partial charge in [-0.2, -0.15) is 0 Å². The number of allylic oxidation sites excluding steroid dienone is 1. The molecule has 1 heterocycles. The summed E-state index contributed by atoms with van der Waals surface area (Å²) in [4.78, 5) is 6.65. The lowest BCUT2D eigenvalue weighted by molar-refractivity contribution is 0.257.